The van der Waals surface area contributed by atoms with Crippen molar-refractivity contribution in [1.82, 2.24) is 14.9 Å². The SMILES string of the molecule is CC1(C)O[C@@H]2COc3ccccc3[C@@H]2N1C(=O)[C@H](Cc1cnccn1)C[C@H]1CO1. The molecule has 0 radical (unpaired) electrons. The highest BCUT2D eigenvalue weighted by Gasteiger charge is 2.54. The molecular weight excluding hydrogens is 370 g/mol. The molecule has 0 bridgehead atoms. The first-order valence-corrected chi connectivity index (χ1v) is 10.1. The van der Waals surface area contributed by atoms with Gasteiger partial charge in [0.05, 0.1) is 24.4 Å². The third kappa shape index (κ3) is 3.49. The molecule has 0 spiro atoms. The first kappa shape index (κ1) is 18.5. The molecule has 7 nitrogen and oxygen atoms in total. The lowest BCUT2D eigenvalue weighted by Crippen LogP contribution is -2.48. The summed E-state index contributed by atoms with van der Waals surface area (Å²) in [7, 11) is 0. The molecule has 152 valence electrons. The Morgan fingerprint density at radius 1 is 1.28 bits per heavy atom. The Labute approximate surface area is 170 Å². The molecule has 4 heterocycles. The molecule has 5 rings (SSSR count). The third-order valence-electron chi connectivity index (χ3n) is 5.90. The number of fused-ring (bicyclic) bond motifs is 3. The lowest BCUT2D eigenvalue weighted by Gasteiger charge is -2.37. The van der Waals surface area contributed by atoms with Gasteiger partial charge in [0.1, 0.15) is 24.2 Å². The number of ether oxygens (including phenoxy) is 3. The number of hydrogen-bond donors (Lipinski definition) is 0. The highest BCUT2D eigenvalue weighted by Crippen LogP contribution is 2.48. The molecule has 3 aliphatic rings. The van der Waals surface area contributed by atoms with E-state index in [9.17, 15) is 4.79 Å². The van der Waals surface area contributed by atoms with Gasteiger partial charge in [-0.15, -0.1) is 0 Å². The minimum Gasteiger partial charge on any atom is -0.490 e. The summed E-state index contributed by atoms with van der Waals surface area (Å²) < 4.78 is 17.6. The number of rotatable bonds is 5. The monoisotopic (exact) mass is 395 g/mol. The van der Waals surface area contributed by atoms with E-state index in [0.717, 1.165) is 17.0 Å². The molecule has 0 unspecified atom stereocenters. The minimum atomic E-state index is -0.724. The lowest BCUT2D eigenvalue weighted by atomic mass is 9.91. The van der Waals surface area contributed by atoms with Gasteiger partial charge < -0.3 is 19.1 Å². The van der Waals surface area contributed by atoms with Crippen molar-refractivity contribution in [3.8, 4) is 5.75 Å². The van der Waals surface area contributed by atoms with Crippen molar-refractivity contribution in [3.63, 3.8) is 0 Å². The maximum Gasteiger partial charge on any atom is 0.229 e. The Morgan fingerprint density at radius 3 is 2.86 bits per heavy atom. The summed E-state index contributed by atoms with van der Waals surface area (Å²) in [6.45, 7) is 5.07. The Balaban J connectivity index is 1.48. The number of nitrogens with zero attached hydrogens (tertiary/aromatic N) is 3. The Morgan fingerprint density at radius 2 is 2.10 bits per heavy atom. The first-order valence-electron chi connectivity index (χ1n) is 10.1. The van der Waals surface area contributed by atoms with Crippen LogP contribution >= 0.6 is 0 Å². The molecule has 7 heteroatoms. The summed E-state index contributed by atoms with van der Waals surface area (Å²) in [5.74, 6) is 0.653. The predicted octanol–water partition coefficient (Wildman–Crippen LogP) is 2.52. The van der Waals surface area contributed by atoms with Crippen LogP contribution in [0.5, 0.6) is 5.75 Å². The zero-order valence-electron chi connectivity index (χ0n) is 16.7. The van der Waals surface area contributed by atoms with Crippen LogP contribution in [-0.4, -0.2) is 51.9 Å². The van der Waals surface area contributed by atoms with Gasteiger partial charge >= 0.3 is 0 Å². The predicted molar refractivity (Wildman–Crippen MR) is 104 cm³/mol. The Hall–Kier alpha value is -2.51. The van der Waals surface area contributed by atoms with Crippen LogP contribution in [0.4, 0.5) is 0 Å². The highest BCUT2D eigenvalue weighted by molar-refractivity contribution is 5.81. The number of benzene rings is 1. The summed E-state index contributed by atoms with van der Waals surface area (Å²) in [6.07, 6.45) is 6.21. The summed E-state index contributed by atoms with van der Waals surface area (Å²) >= 11 is 0. The molecule has 2 saturated heterocycles. The highest BCUT2D eigenvalue weighted by atomic mass is 16.6. The summed E-state index contributed by atoms with van der Waals surface area (Å²) in [5.41, 5.74) is 1.09. The summed E-state index contributed by atoms with van der Waals surface area (Å²) in [6, 6.07) is 7.75. The van der Waals surface area contributed by atoms with Crippen molar-refractivity contribution >= 4 is 5.91 Å². The second-order valence-electron chi connectivity index (χ2n) is 8.39. The number of carbonyl (C=O) groups is 1. The normalized spacial score (nSPS) is 27.5. The fourth-order valence-corrected chi connectivity index (χ4v) is 4.57. The van der Waals surface area contributed by atoms with Crippen LogP contribution < -0.4 is 4.74 Å². The van der Waals surface area contributed by atoms with Gasteiger partial charge in [0.15, 0.2) is 0 Å². The van der Waals surface area contributed by atoms with E-state index >= 15 is 0 Å². The molecule has 0 saturated carbocycles. The van der Waals surface area contributed by atoms with E-state index < -0.39 is 5.72 Å². The summed E-state index contributed by atoms with van der Waals surface area (Å²) in [5, 5.41) is 0. The minimum absolute atomic E-state index is 0.0698. The van der Waals surface area contributed by atoms with Crippen LogP contribution in [0.15, 0.2) is 42.9 Å². The topological polar surface area (TPSA) is 77.1 Å². The smallest absolute Gasteiger partial charge is 0.229 e. The van der Waals surface area contributed by atoms with Gasteiger partial charge in [-0.25, -0.2) is 0 Å². The van der Waals surface area contributed by atoms with Crippen LogP contribution in [0.2, 0.25) is 0 Å². The standard InChI is InChI=1S/C22H25N3O4/c1-22(2)25(20-17-5-3-4-6-18(17)28-13-19(20)29-22)21(26)14(10-16-12-27-16)9-15-11-23-7-8-24-15/h3-8,11,14,16,19-20H,9-10,12-13H2,1-2H3/t14-,16+,19-,20+/m1/s1. The molecule has 3 aliphatic heterocycles. The van der Waals surface area contributed by atoms with Crippen LogP contribution in [0.25, 0.3) is 0 Å². The number of para-hydroxylation sites is 1. The molecule has 2 fully saturated rings. The second kappa shape index (κ2) is 7.07. The van der Waals surface area contributed by atoms with Crippen molar-refractivity contribution in [1.29, 1.82) is 0 Å². The van der Waals surface area contributed by atoms with E-state index in [0.29, 0.717) is 26.1 Å². The van der Waals surface area contributed by atoms with Gasteiger partial charge in [0, 0.05) is 36.5 Å². The van der Waals surface area contributed by atoms with Crippen molar-refractivity contribution < 1.29 is 19.0 Å². The maximum absolute atomic E-state index is 13.9. The number of aromatic nitrogens is 2. The van der Waals surface area contributed by atoms with Gasteiger partial charge in [-0.05, 0) is 26.3 Å². The molecule has 0 aliphatic carbocycles. The van der Waals surface area contributed by atoms with Crippen LogP contribution in [0.3, 0.4) is 0 Å². The van der Waals surface area contributed by atoms with Gasteiger partial charge in [0.25, 0.3) is 0 Å². The van der Waals surface area contributed by atoms with Gasteiger partial charge in [-0.1, -0.05) is 18.2 Å². The van der Waals surface area contributed by atoms with E-state index in [-0.39, 0.29) is 30.1 Å². The fourth-order valence-electron chi connectivity index (χ4n) is 4.57. The molecule has 0 N–H and O–H groups in total. The van der Waals surface area contributed by atoms with E-state index in [1.807, 2.05) is 43.0 Å². The number of hydrogen-bond acceptors (Lipinski definition) is 6. The maximum atomic E-state index is 13.9. The third-order valence-corrected chi connectivity index (χ3v) is 5.90. The second-order valence-corrected chi connectivity index (χ2v) is 8.39. The number of epoxide rings is 1. The van der Waals surface area contributed by atoms with Crippen LogP contribution in [0, 0.1) is 5.92 Å². The van der Waals surface area contributed by atoms with E-state index in [4.69, 9.17) is 14.2 Å². The average Bonchev–Trinajstić information content (AvgIpc) is 3.48. The number of carbonyl (C=O) groups excluding carboxylic acids is 1. The molecule has 1 aromatic carbocycles. The average molecular weight is 395 g/mol. The Kier molecular flexibility index (Phi) is 4.52. The largest absolute Gasteiger partial charge is 0.490 e. The lowest BCUT2D eigenvalue weighted by molar-refractivity contribution is -0.152. The zero-order chi connectivity index (χ0) is 20.0. The van der Waals surface area contributed by atoms with Crippen molar-refractivity contribution in [2.24, 2.45) is 5.92 Å². The van der Waals surface area contributed by atoms with Crippen molar-refractivity contribution in [2.75, 3.05) is 13.2 Å². The van der Waals surface area contributed by atoms with Gasteiger partial charge in [-0.2, -0.15) is 0 Å². The zero-order valence-corrected chi connectivity index (χ0v) is 16.7. The van der Waals surface area contributed by atoms with Gasteiger partial charge in [-0.3, -0.25) is 14.8 Å². The first-order chi connectivity index (χ1) is 14.0. The molecule has 29 heavy (non-hydrogen) atoms. The molecule has 1 aromatic heterocycles. The number of amides is 1. The summed E-state index contributed by atoms with van der Waals surface area (Å²) in [4.78, 5) is 24.4. The quantitative estimate of drug-likeness (QED) is 0.724. The van der Waals surface area contributed by atoms with Gasteiger partial charge in [0.2, 0.25) is 5.91 Å². The van der Waals surface area contributed by atoms with Crippen LogP contribution in [0.1, 0.15) is 37.6 Å². The van der Waals surface area contributed by atoms with Crippen molar-refractivity contribution in [2.45, 2.75) is 50.7 Å². The van der Waals surface area contributed by atoms with E-state index in [2.05, 4.69) is 9.97 Å². The van der Waals surface area contributed by atoms with E-state index in [1.165, 1.54) is 0 Å². The molecular formula is C22H25N3O4. The van der Waals surface area contributed by atoms with Crippen LogP contribution in [-0.2, 0) is 20.7 Å². The Bertz CT molecular complexity index is 900. The van der Waals surface area contributed by atoms with Crippen molar-refractivity contribution in [3.05, 3.63) is 54.1 Å². The molecule has 2 aromatic rings. The fraction of sp³-hybridized carbons (Fsp3) is 0.500. The molecule has 1 amide bonds. The van der Waals surface area contributed by atoms with E-state index in [1.54, 1.807) is 18.6 Å². The molecule has 4 atom stereocenters.